The van der Waals surface area contributed by atoms with Gasteiger partial charge in [-0.3, -0.25) is 19.3 Å². The van der Waals surface area contributed by atoms with Crippen LogP contribution in [0.25, 0.3) is 0 Å². The van der Waals surface area contributed by atoms with Crippen LogP contribution < -0.4 is 21.9 Å². The molecule has 1 atom stereocenters. The first kappa shape index (κ1) is 19.9. The highest BCUT2D eigenvalue weighted by atomic mass is 16.2. The summed E-state index contributed by atoms with van der Waals surface area (Å²) >= 11 is 0. The number of rotatable bonds is 6. The van der Waals surface area contributed by atoms with E-state index in [0.717, 1.165) is 13.1 Å². The number of nitrogens with two attached hydrogens (primary N) is 1. The third-order valence-corrected chi connectivity index (χ3v) is 3.99. The van der Waals surface area contributed by atoms with Gasteiger partial charge in [0, 0.05) is 38.7 Å². The van der Waals surface area contributed by atoms with Gasteiger partial charge in [-0.1, -0.05) is 20.8 Å². The maximum atomic E-state index is 12.3. The Kier molecular flexibility index (Phi) is 6.36. The highest BCUT2D eigenvalue weighted by Gasteiger charge is 2.33. The van der Waals surface area contributed by atoms with Crippen LogP contribution in [0.4, 0.5) is 5.82 Å². The van der Waals surface area contributed by atoms with E-state index in [1.165, 1.54) is 6.07 Å². The molecular formula is C17H28N6O3. The molecule has 2 amide bonds. The predicted octanol–water partition coefficient (Wildman–Crippen LogP) is -0.753. The summed E-state index contributed by atoms with van der Waals surface area (Å²) in [7, 11) is 0. The summed E-state index contributed by atoms with van der Waals surface area (Å²) in [6.45, 7) is 8.70. The molecule has 0 saturated carbocycles. The van der Waals surface area contributed by atoms with Gasteiger partial charge in [0.1, 0.15) is 11.6 Å². The second-order valence-corrected chi connectivity index (χ2v) is 7.76. The maximum Gasteiger partial charge on any atom is 0.252 e. The number of aromatic nitrogens is 2. The van der Waals surface area contributed by atoms with E-state index in [9.17, 15) is 14.4 Å². The van der Waals surface area contributed by atoms with E-state index in [1.54, 1.807) is 0 Å². The van der Waals surface area contributed by atoms with Crippen LogP contribution >= 0.6 is 0 Å². The highest BCUT2D eigenvalue weighted by molar-refractivity contribution is 5.88. The Morgan fingerprint density at radius 3 is 2.81 bits per heavy atom. The lowest BCUT2D eigenvalue weighted by molar-refractivity contribution is -0.134. The lowest BCUT2D eigenvalue weighted by atomic mass is 9.94. The highest BCUT2D eigenvalue weighted by Crippen LogP contribution is 2.19. The minimum Gasteiger partial charge on any atom is -0.383 e. The SMILES string of the molecule is CC(C)(C)CN1CCNC(=O)C1CC(=O)NCCc1nc(N)cc(=O)[nH]1. The van der Waals surface area contributed by atoms with E-state index in [4.69, 9.17) is 5.73 Å². The largest absolute Gasteiger partial charge is 0.383 e. The summed E-state index contributed by atoms with van der Waals surface area (Å²) in [6.07, 6.45) is 0.456. The minimum absolute atomic E-state index is 0.0388. The Morgan fingerprint density at radius 1 is 1.42 bits per heavy atom. The Hall–Kier alpha value is -2.42. The van der Waals surface area contributed by atoms with Crippen LogP contribution in [0.3, 0.4) is 0 Å². The first-order valence-corrected chi connectivity index (χ1v) is 8.78. The molecule has 0 bridgehead atoms. The van der Waals surface area contributed by atoms with Crippen LogP contribution in [0.1, 0.15) is 33.0 Å². The van der Waals surface area contributed by atoms with Crippen LogP contribution in [0, 0.1) is 5.41 Å². The fourth-order valence-corrected chi connectivity index (χ4v) is 3.00. The van der Waals surface area contributed by atoms with Crippen LogP contribution in [0.5, 0.6) is 0 Å². The number of anilines is 1. The number of H-pyrrole nitrogens is 1. The average Bonchev–Trinajstić information content (AvgIpc) is 2.48. The zero-order valence-electron chi connectivity index (χ0n) is 15.6. The van der Waals surface area contributed by atoms with Crippen molar-refractivity contribution in [2.45, 2.75) is 39.7 Å². The van der Waals surface area contributed by atoms with Crippen molar-refractivity contribution in [3.05, 3.63) is 22.2 Å². The van der Waals surface area contributed by atoms with Crippen LogP contribution in [0.2, 0.25) is 0 Å². The van der Waals surface area contributed by atoms with Crippen molar-refractivity contribution in [1.82, 2.24) is 25.5 Å². The standard InChI is InChI=1S/C17H28N6O3/c1-17(2,3)10-23-7-6-20-16(26)11(23)8-14(24)19-5-4-13-21-12(18)9-15(25)22-13/h9,11H,4-8,10H2,1-3H3,(H,19,24)(H,20,26)(H3,18,21,22,25). The summed E-state index contributed by atoms with van der Waals surface area (Å²) < 4.78 is 0. The minimum atomic E-state index is -0.465. The molecule has 26 heavy (non-hydrogen) atoms. The van der Waals surface area contributed by atoms with Crippen LogP contribution in [-0.4, -0.2) is 58.9 Å². The average molecular weight is 364 g/mol. The Labute approximate surface area is 152 Å². The molecule has 1 aromatic heterocycles. The molecule has 1 unspecified atom stereocenters. The van der Waals surface area contributed by atoms with E-state index < -0.39 is 6.04 Å². The van der Waals surface area contributed by atoms with Gasteiger partial charge in [-0.25, -0.2) is 4.98 Å². The summed E-state index contributed by atoms with van der Waals surface area (Å²) in [4.78, 5) is 44.4. The van der Waals surface area contributed by atoms with Gasteiger partial charge >= 0.3 is 0 Å². The number of carbonyl (C=O) groups is 2. The number of nitrogen functional groups attached to an aromatic ring is 1. The molecule has 1 saturated heterocycles. The van der Waals surface area contributed by atoms with Crippen molar-refractivity contribution < 1.29 is 9.59 Å². The van der Waals surface area contributed by atoms with Crippen LogP contribution in [0.15, 0.2) is 10.9 Å². The van der Waals surface area contributed by atoms with Crippen molar-refractivity contribution in [2.75, 3.05) is 31.9 Å². The topological polar surface area (TPSA) is 133 Å². The van der Waals surface area contributed by atoms with Crippen molar-refractivity contribution in [2.24, 2.45) is 5.41 Å². The summed E-state index contributed by atoms with van der Waals surface area (Å²) in [5, 5.41) is 5.60. The zero-order chi connectivity index (χ0) is 19.3. The Morgan fingerprint density at radius 2 is 2.15 bits per heavy atom. The van der Waals surface area contributed by atoms with Gasteiger partial charge in [-0.15, -0.1) is 0 Å². The summed E-state index contributed by atoms with van der Waals surface area (Å²) in [5.74, 6) is 0.238. The number of amides is 2. The van der Waals surface area contributed by atoms with E-state index >= 15 is 0 Å². The molecule has 144 valence electrons. The van der Waals surface area contributed by atoms with Gasteiger partial charge in [0.05, 0.1) is 12.5 Å². The van der Waals surface area contributed by atoms with E-state index in [2.05, 4.69) is 46.3 Å². The second kappa shape index (κ2) is 8.31. The Balaban J connectivity index is 1.88. The van der Waals surface area contributed by atoms with E-state index in [0.29, 0.717) is 25.3 Å². The molecular weight excluding hydrogens is 336 g/mol. The third kappa shape index (κ3) is 6.14. The Bertz CT molecular complexity index is 709. The molecule has 0 radical (unpaired) electrons. The van der Waals surface area contributed by atoms with Crippen molar-refractivity contribution in [3.63, 3.8) is 0 Å². The monoisotopic (exact) mass is 364 g/mol. The summed E-state index contributed by atoms with van der Waals surface area (Å²) in [6, 6.07) is 0.737. The van der Waals surface area contributed by atoms with Crippen LogP contribution in [-0.2, 0) is 16.0 Å². The zero-order valence-corrected chi connectivity index (χ0v) is 15.6. The van der Waals surface area contributed by atoms with E-state index in [1.807, 2.05) is 0 Å². The number of carbonyl (C=O) groups excluding carboxylic acids is 2. The molecule has 9 heteroatoms. The fourth-order valence-electron chi connectivity index (χ4n) is 3.00. The predicted molar refractivity (Wildman–Crippen MR) is 98.4 cm³/mol. The number of hydrogen-bond donors (Lipinski definition) is 4. The molecule has 1 aliphatic heterocycles. The van der Waals surface area contributed by atoms with Crippen molar-refractivity contribution in [1.29, 1.82) is 0 Å². The van der Waals surface area contributed by atoms with E-state index in [-0.39, 0.29) is 35.0 Å². The number of aromatic amines is 1. The second-order valence-electron chi connectivity index (χ2n) is 7.76. The molecule has 9 nitrogen and oxygen atoms in total. The quantitative estimate of drug-likeness (QED) is 0.525. The first-order valence-electron chi connectivity index (χ1n) is 8.78. The maximum absolute atomic E-state index is 12.3. The van der Waals surface area contributed by atoms with Gasteiger partial charge < -0.3 is 21.4 Å². The molecule has 1 fully saturated rings. The molecule has 0 spiro atoms. The van der Waals surface area contributed by atoms with Gasteiger partial charge in [0.25, 0.3) is 5.56 Å². The third-order valence-electron chi connectivity index (χ3n) is 3.99. The van der Waals surface area contributed by atoms with Gasteiger partial charge in [-0.2, -0.15) is 0 Å². The molecule has 2 heterocycles. The lowest BCUT2D eigenvalue weighted by Gasteiger charge is -2.38. The molecule has 1 aliphatic rings. The molecule has 5 N–H and O–H groups in total. The van der Waals surface area contributed by atoms with Gasteiger partial charge in [0.2, 0.25) is 11.8 Å². The number of piperazine rings is 1. The fraction of sp³-hybridized carbons (Fsp3) is 0.647. The summed E-state index contributed by atoms with van der Waals surface area (Å²) in [5.41, 5.74) is 5.24. The van der Waals surface area contributed by atoms with Crippen molar-refractivity contribution in [3.8, 4) is 0 Å². The molecule has 1 aromatic rings. The molecule has 0 aliphatic carbocycles. The van der Waals surface area contributed by atoms with Crippen molar-refractivity contribution >= 4 is 17.6 Å². The molecule has 2 rings (SSSR count). The number of hydrogen-bond acceptors (Lipinski definition) is 6. The normalized spacial score (nSPS) is 18.4. The first-order chi connectivity index (χ1) is 12.1. The number of nitrogens with zero attached hydrogens (tertiary/aromatic N) is 2. The van der Waals surface area contributed by atoms with Gasteiger partial charge in [0.15, 0.2) is 0 Å². The smallest absolute Gasteiger partial charge is 0.252 e. The number of nitrogens with one attached hydrogen (secondary N) is 3. The lowest BCUT2D eigenvalue weighted by Crippen LogP contribution is -2.58. The van der Waals surface area contributed by atoms with Gasteiger partial charge in [-0.05, 0) is 5.41 Å². The molecule has 0 aromatic carbocycles.